The maximum atomic E-state index is 15.1. The van der Waals surface area contributed by atoms with Gasteiger partial charge in [0.2, 0.25) is 0 Å². The van der Waals surface area contributed by atoms with E-state index in [9.17, 15) is 4.39 Å². The number of unbranched alkanes of at least 4 members (excludes halogenated alkanes) is 2. The molecule has 0 N–H and O–H groups in total. The molecule has 2 heteroatoms. The van der Waals surface area contributed by atoms with E-state index in [1.165, 1.54) is 69.1 Å². The Balaban J connectivity index is 1.51. The van der Waals surface area contributed by atoms with Gasteiger partial charge in [-0.05, 0) is 66.2 Å². The molecule has 0 unspecified atom stereocenters. The first-order valence-electron chi connectivity index (χ1n) is 11.1. The minimum atomic E-state index is -0.345. The first kappa shape index (κ1) is 20.1. The van der Waals surface area contributed by atoms with E-state index >= 15 is 4.39 Å². The van der Waals surface area contributed by atoms with Crippen LogP contribution in [0.2, 0.25) is 0 Å². The zero-order chi connectivity index (χ0) is 20.2. The Morgan fingerprint density at radius 3 is 2.45 bits per heavy atom. The molecule has 0 radical (unpaired) electrons. The maximum absolute atomic E-state index is 15.1. The summed E-state index contributed by atoms with van der Waals surface area (Å²) in [7, 11) is 0. The van der Waals surface area contributed by atoms with Crippen molar-refractivity contribution in [2.75, 3.05) is 0 Å². The van der Waals surface area contributed by atoms with E-state index in [0.717, 1.165) is 11.3 Å². The van der Waals surface area contributed by atoms with Crippen LogP contribution >= 0.6 is 0 Å². The molecule has 0 aliphatic heterocycles. The summed E-state index contributed by atoms with van der Waals surface area (Å²) in [5.74, 6) is 0.874. The molecule has 0 atom stereocenters. The van der Waals surface area contributed by atoms with Crippen molar-refractivity contribution in [1.29, 1.82) is 0 Å². The zero-order valence-electron chi connectivity index (χ0n) is 17.3. The highest BCUT2D eigenvalue weighted by Crippen LogP contribution is 2.39. The Morgan fingerprint density at radius 2 is 1.69 bits per heavy atom. The van der Waals surface area contributed by atoms with E-state index in [2.05, 4.69) is 19.1 Å². The van der Waals surface area contributed by atoms with Gasteiger partial charge in [0.15, 0.2) is 0 Å². The maximum Gasteiger partial charge on any atom is 0.138 e. The van der Waals surface area contributed by atoms with Gasteiger partial charge in [0.05, 0.1) is 0 Å². The quantitative estimate of drug-likeness (QED) is 0.368. The summed E-state index contributed by atoms with van der Waals surface area (Å²) in [4.78, 5) is 0. The van der Waals surface area contributed by atoms with Gasteiger partial charge in [0.25, 0.3) is 0 Å². The Bertz CT molecular complexity index is 967. The molecule has 0 amide bonds. The van der Waals surface area contributed by atoms with Crippen molar-refractivity contribution in [3.8, 4) is 11.1 Å². The average molecular weight is 393 g/mol. The number of fused-ring (bicyclic) bond motifs is 1. The van der Waals surface area contributed by atoms with Gasteiger partial charge in [0, 0.05) is 10.9 Å². The molecule has 1 saturated carbocycles. The molecule has 0 heterocycles. The third kappa shape index (κ3) is 4.52. The summed E-state index contributed by atoms with van der Waals surface area (Å²) in [6, 6.07) is 16.1. The lowest BCUT2D eigenvalue weighted by Gasteiger charge is -2.29. The van der Waals surface area contributed by atoms with Crippen LogP contribution in [0.15, 0.2) is 54.6 Å². The van der Waals surface area contributed by atoms with E-state index < -0.39 is 0 Å². The number of rotatable bonds is 6. The van der Waals surface area contributed by atoms with Crippen LogP contribution in [0.1, 0.15) is 69.8 Å². The fraction of sp³-hybridized carbons (Fsp3) is 0.407. The van der Waals surface area contributed by atoms with Crippen molar-refractivity contribution in [3.63, 3.8) is 0 Å². The summed E-state index contributed by atoms with van der Waals surface area (Å²) in [5.41, 5.74) is 2.37. The smallest absolute Gasteiger partial charge is 0.138 e. The van der Waals surface area contributed by atoms with E-state index in [0.29, 0.717) is 22.4 Å². The van der Waals surface area contributed by atoms with Crippen LogP contribution < -0.4 is 0 Å². The predicted molar refractivity (Wildman–Crippen MR) is 118 cm³/mol. The lowest BCUT2D eigenvalue weighted by atomic mass is 9.76. The third-order valence-electron chi connectivity index (χ3n) is 6.65. The molecule has 3 aromatic carbocycles. The molecule has 0 spiro atoms. The standard InChI is InChI=1S/C27H30F2/c1-2-3-4-6-19-9-11-20(12-10-19)21-13-15-26-23(17-21)14-16-25(27(26)29)22-7-5-8-24(28)18-22/h5,7-8,13-20H,2-4,6,9-12H2,1H3. The van der Waals surface area contributed by atoms with Crippen molar-refractivity contribution in [1.82, 2.24) is 0 Å². The van der Waals surface area contributed by atoms with Crippen LogP contribution in [0.4, 0.5) is 8.78 Å². The van der Waals surface area contributed by atoms with Crippen LogP contribution in [0.25, 0.3) is 21.9 Å². The Kier molecular flexibility index (Phi) is 6.28. The van der Waals surface area contributed by atoms with E-state index in [1.54, 1.807) is 18.2 Å². The largest absolute Gasteiger partial charge is 0.207 e. The molecule has 1 aliphatic rings. The van der Waals surface area contributed by atoms with Gasteiger partial charge < -0.3 is 0 Å². The molecule has 0 bridgehead atoms. The number of hydrogen-bond acceptors (Lipinski definition) is 0. The van der Waals surface area contributed by atoms with Crippen molar-refractivity contribution < 1.29 is 8.78 Å². The Labute approximate surface area is 173 Å². The fourth-order valence-corrected chi connectivity index (χ4v) is 4.91. The molecule has 0 saturated heterocycles. The highest BCUT2D eigenvalue weighted by Gasteiger charge is 2.22. The normalized spacial score (nSPS) is 19.6. The number of benzene rings is 3. The minimum Gasteiger partial charge on any atom is -0.207 e. The van der Waals surface area contributed by atoms with E-state index in [4.69, 9.17) is 0 Å². The molecule has 152 valence electrons. The van der Waals surface area contributed by atoms with Crippen molar-refractivity contribution in [2.45, 2.75) is 64.2 Å². The molecule has 1 fully saturated rings. The van der Waals surface area contributed by atoms with Gasteiger partial charge in [-0.1, -0.05) is 75.1 Å². The Morgan fingerprint density at radius 1 is 0.862 bits per heavy atom. The Hall–Kier alpha value is -2.22. The van der Waals surface area contributed by atoms with E-state index in [-0.39, 0.29) is 11.6 Å². The fourth-order valence-electron chi connectivity index (χ4n) is 4.91. The second kappa shape index (κ2) is 9.07. The van der Waals surface area contributed by atoms with Crippen LogP contribution in [-0.2, 0) is 0 Å². The minimum absolute atomic E-state index is 0.265. The van der Waals surface area contributed by atoms with Gasteiger partial charge in [0.1, 0.15) is 11.6 Å². The van der Waals surface area contributed by atoms with Crippen molar-refractivity contribution in [3.05, 3.63) is 71.8 Å². The average Bonchev–Trinajstić information content (AvgIpc) is 2.74. The molecule has 1 aliphatic carbocycles. The summed E-state index contributed by atoms with van der Waals surface area (Å²) in [6.45, 7) is 2.26. The number of hydrogen-bond donors (Lipinski definition) is 0. The number of halogens is 2. The van der Waals surface area contributed by atoms with Gasteiger partial charge in [-0.15, -0.1) is 0 Å². The van der Waals surface area contributed by atoms with Crippen LogP contribution in [0.3, 0.4) is 0 Å². The van der Waals surface area contributed by atoms with Crippen LogP contribution in [0, 0.1) is 17.6 Å². The summed E-state index contributed by atoms with van der Waals surface area (Å²) in [6.07, 6.45) is 10.5. The van der Waals surface area contributed by atoms with Gasteiger partial charge in [-0.25, -0.2) is 8.78 Å². The molecule has 0 nitrogen and oxygen atoms in total. The van der Waals surface area contributed by atoms with Crippen LogP contribution in [0.5, 0.6) is 0 Å². The monoisotopic (exact) mass is 392 g/mol. The highest BCUT2D eigenvalue weighted by molar-refractivity contribution is 5.88. The summed E-state index contributed by atoms with van der Waals surface area (Å²) < 4.78 is 28.7. The molecule has 3 aromatic rings. The lowest BCUT2D eigenvalue weighted by molar-refractivity contribution is 0.303. The van der Waals surface area contributed by atoms with Gasteiger partial charge in [-0.2, -0.15) is 0 Å². The van der Waals surface area contributed by atoms with Crippen molar-refractivity contribution in [2.24, 2.45) is 5.92 Å². The lowest BCUT2D eigenvalue weighted by Crippen LogP contribution is -2.13. The summed E-state index contributed by atoms with van der Waals surface area (Å²) in [5, 5.41) is 1.55. The second-order valence-electron chi connectivity index (χ2n) is 8.63. The molecular weight excluding hydrogens is 362 g/mol. The summed E-state index contributed by atoms with van der Waals surface area (Å²) >= 11 is 0. The van der Waals surface area contributed by atoms with Gasteiger partial charge in [-0.3, -0.25) is 0 Å². The zero-order valence-corrected chi connectivity index (χ0v) is 17.3. The topological polar surface area (TPSA) is 0 Å². The first-order chi connectivity index (χ1) is 14.2. The highest BCUT2D eigenvalue weighted by atomic mass is 19.1. The van der Waals surface area contributed by atoms with E-state index in [1.807, 2.05) is 12.1 Å². The molecule has 0 aromatic heterocycles. The predicted octanol–water partition coefficient (Wildman–Crippen LogP) is 8.64. The third-order valence-corrected chi connectivity index (χ3v) is 6.65. The van der Waals surface area contributed by atoms with Crippen LogP contribution in [-0.4, -0.2) is 0 Å². The SMILES string of the molecule is CCCCCC1CCC(c2ccc3c(F)c(-c4cccc(F)c4)ccc3c2)CC1. The van der Waals surface area contributed by atoms with Crippen molar-refractivity contribution >= 4 is 10.8 Å². The first-order valence-corrected chi connectivity index (χ1v) is 11.1. The molecule has 4 rings (SSSR count). The van der Waals surface area contributed by atoms with Gasteiger partial charge >= 0.3 is 0 Å². The molecular formula is C27H30F2. The molecule has 29 heavy (non-hydrogen) atoms. The second-order valence-corrected chi connectivity index (χ2v) is 8.63.